The summed E-state index contributed by atoms with van der Waals surface area (Å²) < 4.78 is 6.60. The third kappa shape index (κ3) is 5.62. The van der Waals surface area contributed by atoms with Gasteiger partial charge in [-0.05, 0) is 110 Å². The van der Waals surface area contributed by atoms with E-state index in [0.717, 1.165) is 67.4 Å². The molecule has 2 aliphatic heterocycles. The first-order valence-corrected chi connectivity index (χ1v) is 20.0. The number of benzene rings is 8. The number of hydrogen-bond acceptors (Lipinski definition) is 6. The third-order valence-electron chi connectivity index (χ3n) is 12.1. The highest BCUT2D eigenvalue weighted by Gasteiger charge is 2.51. The van der Waals surface area contributed by atoms with E-state index in [1.807, 2.05) is 78.9 Å². The molecule has 3 aliphatic rings. The van der Waals surface area contributed by atoms with Crippen LogP contribution in [0.3, 0.4) is 0 Å². The predicted molar refractivity (Wildman–Crippen MR) is 235 cm³/mol. The van der Waals surface area contributed by atoms with Gasteiger partial charge in [0.05, 0.1) is 28.7 Å². The van der Waals surface area contributed by atoms with Crippen LogP contribution >= 0.6 is 0 Å². The molecule has 1 aliphatic carbocycles. The number of amidine groups is 1. The molecule has 0 saturated carbocycles. The Balaban J connectivity index is 1.08. The molecule has 60 heavy (non-hydrogen) atoms. The molecule has 282 valence electrons. The Kier molecular flexibility index (Phi) is 8.27. The predicted octanol–water partition coefficient (Wildman–Crippen LogP) is 11.6. The topological polar surface area (TPSA) is 93.2 Å². The molecule has 2 atom stereocenters. The minimum Gasteiger partial charge on any atom is -0.457 e. The first kappa shape index (κ1) is 35.2. The van der Waals surface area contributed by atoms with E-state index >= 15 is 0 Å². The lowest BCUT2D eigenvalue weighted by atomic mass is 9.66. The van der Waals surface area contributed by atoms with Gasteiger partial charge in [0, 0.05) is 16.7 Å². The second kappa shape index (κ2) is 14.1. The Bertz CT molecular complexity index is 2980. The summed E-state index contributed by atoms with van der Waals surface area (Å²) in [5, 5.41) is 26.8. The molecule has 2 unspecified atom stereocenters. The minimum absolute atomic E-state index is 0.323. The van der Waals surface area contributed by atoms with Crippen molar-refractivity contribution in [1.82, 2.24) is 10.6 Å². The van der Waals surface area contributed by atoms with Gasteiger partial charge in [-0.1, -0.05) is 133 Å². The average Bonchev–Trinajstić information content (AvgIpc) is 3.61. The quantitative estimate of drug-likeness (QED) is 0.182. The summed E-state index contributed by atoms with van der Waals surface area (Å²) in [6.07, 6.45) is -0.762. The van der Waals surface area contributed by atoms with E-state index in [-0.39, 0.29) is 6.17 Å². The maximum atomic E-state index is 9.54. The number of nitriles is 2. The summed E-state index contributed by atoms with van der Waals surface area (Å²) in [4.78, 5) is 5.36. The number of hydrogen-bond donors (Lipinski definition) is 2. The first-order chi connectivity index (χ1) is 29.6. The molecule has 0 amide bonds. The van der Waals surface area contributed by atoms with E-state index in [1.54, 1.807) is 0 Å². The summed E-state index contributed by atoms with van der Waals surface area (Å²) in [6.45, 7) is 0. The number of nitrogens with zero attached hydrogens (tertiary/aromatic N) is 3. The molecule has 6 heteroatoms. The third-order valence-corrected chi connectivity index (χ3v) is 12.1. The van der Waals surface area contributed by atoms with Gasteiger partial charge in [0.2, 0.25) is 0 Å². The van der Waals surface area contributed by atoms with Crippen molar-refractivity contribution in [1.29, 1.82) is 10.5 Å². The average molecular weight is 770 g/mol. The molecular formula is C54H35N5O. The van der Waals surface area contributed by atoms with Crippen LogP contribution in [0.15, 0.2) is 193 Å². The Morgan fingerprint density at radius 3 is 1.63 bits per heavy atom. The van der Waals surface area contributed by atoms with E-state index < -0.39 is 11.6 Å². The Morgan fingerprint density at radius 1 is 0.467 bits per heavy atom. The molecule has 0 bridgehead atoms. The van der Waals surface area contributed by atoms with Crippen LogP contribution in [-0.4, -0.2) is 5.84 Å². The van der Waals surface area contributed by atoms with E-state index in [1.165, 1.54) is 22.3 Å². The van der Waals surface area contributed by atoms with Crippen LogP contribution in [0.4, 0.5) is 0 Å². The van der Waals surface area contributed by atoms with Crippen molar-refractivity contribution in [3.8, 4) is 57.0 Å². The van der Waals surface area contributed by atoms with Crippen LogP contribution in [-0.2, 0) is 5.41 Å². The molecular weight excluding hydrogens is 735 g/mol. The van der Waals surface area contributed by atoms with Crippen LogP contribution in [0.2, 0.25) is 0 Å². The fraction of sp³-hybridized carbons (Fsp3) is 0.0556. The largest absolute Gasteiger partial charge is 0.457 e. The van der Waals surface area contributed by atoms with Gasteiger partial charge in [-0.25, -0.2) is 4.99 Å². The SMILES string of the molecule is N#Cc1ccc(-c2cc(-c3ccc(C#N)cc3)cc(C3N=C(c4ccccc4)NC(c4ccc5c(c4)C4(c6ccccc6Oc6ccccc64)c4ccccc4-5)N3)c2)cc1. The number of aliphatic imine (C=N–C) groups is 1. The van der Waals surface area contributed by atoms with E-state index in [4.69, 9.17) is 9.73 Å². The zero-order valence-electron chi connectivity index (χ0n) is 32.3. The summed E-state index contributed by atoms with van der Waals surface area (Å²) in [7, 11) is 0. The van der Waals surface area contributed by atoms with E-state index in [0.29, 0.717) is 11.1 Å². The van der Waals surface area contributed by atoms with E-state index in [2.05, 4.69) is 132 Å². The molecule has 1 spiro atoms. The van der Waals surface area contributed by atoms with Crippen molar-refractivity contribution in [3.05, 3.63) is 238 Å². The molecule has 8 aromatic carbocycles. The van der Waals surface area contributed by atoms with Crippen molar-refractivity contribution in [2.24, 2.45) is 4.99 Å². The molecule has 0 saturated heterocycles. The normalized spacial score (nSPS) is 16.4. The van der Waals surface area contributed by atoms with Gasteiger partial charge in [0.15, 0.2) is 0 Å². The van der Waals surface area contributed by atoms with Gasteiger partial charge in [-0.2, -0.15) is 10.5 Å². The lowest BCUT2D eigenvalue weighted by Crippen LogP contribution is -2.45. The van der Waals surface area contributed by atoms with E-state index in [9.17, 15) is 10.5 Å². The monoisotopic (exact) mass is 769 g/mol. The zero-order valence-corrected chi connectivity index (χ0v) is 32.3. The number of ether oxygens (including phenoxy) is 1. The summed E-state index contributed by atoms with van der Waals surface area (Å²) in [5.74, 6) is 2.50. The van der Waals surface area contributed by atoms with Crippen LogP contribution in [0.25, 0.3) is 33.4 Å². The van der Waals surface area contributed by atoms with Gasteiger partial charge < -0.3 is 10.1 Å². The lowest BCUT2D eigenvalue weighted by molar-refractivity contribution is 0.408. The number of rotatable bonds is 5. The zero-order chi connectivity index (χ0) is 40.2. The molecule has 0 fully saturated rings. The first-order valence-electron chi connectivity index (χ1n) is 20.0. The Hall–Kier alpha value is -8.03. The second-order valence-electron chi connectivity index (χ2n) is 15.4. The maximum absolute atomic E-state index is 9.54. The molecule has 11 rings (SSSR count). The second-order valence-corrected chi connectivity index (χ2v) is 15.4. The van der Waals surface area contributed by atoms with Gasteiger partial charge in [0.1, 0.15) is 29.7 Å². The standard InChI is InChI=1S/C54H35N5O/c55-32-34-18-22-36(23-19-34)40-28-41(37-24-20-35(33-56)21-25-37)30-42(29-40)53-58-51(38-10-2-1-3-11-38)57-52(59-53)39-26-27-44-43-12-4-5-13-45(43)54(48(44)31-39)46-14-6-8-16-49(46)60-50-17-9-7-15-47(50)54/h1-31,52-53,59H,(H,57,58). The molecule has 2 N–H and O–H groups in total. The van der Waals surface area contributed by atoms with Gasteiger partial charge >= 0.3 is 0 Å². The van der Waals surface area contributed by atoms with Crippen LogP contribution in [0, 0.1) is 22.7 Å². The van der Waals surface area contributed by atoms with Crippen LogP contribution < -0.4 is 15.4 Å². The van der Waals surface area contributed by atoms with Gasteiger partial charge in [0.25, 0.3) is 0 Å². The lowest BCUT2D eigenvalue weighted by Gasteiger charge is -2.39. The van der Waals surface area contributed by atoms with Gasteiger partial charge in [-0.15, -0.1) is 0 Å². The molecule has 2 heterocycles. The van der Waals surface area contributed by atoms with Crippen molar-refractivity contribution in [3.63, 3.8) is 0 Å². The van der Waals surface area contributed by atoms with Gasteiger partial charge in [-0.3, -0.25) is 5.32 Å². The summed E-state index contributed by atoms with van der Waals surface area (Å²) in [6, 6.07) is 69.2. The van der Waals surface area contributed by atoms with Crippen molar-refractivity contribution in [2.75, 3.05) is 0 Å². The van der Waals surface area contributed by atoms with Crippen molar-refractivity contribution in [2.45, 2.75) is 17.7 Å². The summed E-state index contributed by atoms with van der Waals surface area (Å²) in [5.41, 5.74) is 14.7. The highest BCUT2D eigenvalue weighted by molar-refractivity contribution is 5.99. The minimum atomic E-state index is -0.594. The smallest absolute Gasteiger partial charge is 0.132 e. The highest BCUT2D eigenvalue weighted by atomic mass is 16.5. The number of fused-ring (bicyclic) bond motifs is 9. The fourth-order valence-corrected chi connectivity index (χ4v) is 9.31. The number of nitrogens with one attached hydrogen (secondary N) is 2. The highest BCUT2D eigenvalue weighted by Crippen LogP contribution is 2.62. The Morgan fingerprint density at radius 2 is 1.02 bits per heavy atom. The summed E-state index contributed by atoms with van der Waals surface area (Å²) >= 11 is 0. The van der Waals surface area contributed by atoms with Crippen molar-refractivity contribution >= 4 is 5.84 Å². The molecule has 8 aromatic rings. The molecule has 0 aromatic heterocycles. The van der Waals surface area contributed by atoms with Crippen molar-refractivity contribution < 1.29 is 4.74 Å². The molecule has 0 radical (unpaired) electrons. The number of para-hydroxylation sites is 2. The fourth-order valence-electron chi connectivity index (χ4n) is 9.31. The maximum Gasteiger partial charge on any atom is 0.132 e. The van der Waals surface area contributed by atoms with Crippen LogP contribution in [0.5, 0.6) is 11.5 Å². The van der Waals surface area contributed by atoms with Crippen LogP contribution in [0.1, 0.15) is 62.4 Å². The Labute approximate surface area is 348 Å². The molecule has 6 nitrogen and oxygen atoms in total.